The van der Waals surface area contributed by atoms with E-state index in [1.54, 1.807) is 0 Å². The van der Waals surface area contributed by atoms with Gasteiger partial charge < -0.3 is 4.74 Å². The first kappa shape index (κ1) is 12.1. The molecule has 0 aliphatic carbocycles. The largest absolute Gasteiger partial charge is 0.473 e. The van der Waals surface area contributed by atoms with Gasteiger partial charge in [-0.05, 0) is 42.3 Å². The summed E-state index contributed by atoms with van der Waals surface area (Å²) in [5, 5.41) is 0. The third-order valence-corrected chi connectivity index (χ3v) is 3.30. The van der Waals surface area contributed by atoms with Crippen LogP contribution in [0.25, 0.3) is 6.08 Å². The van der Waals surface area contributed by atoms with E-state index in [0.29, 0.717) is 0 Å². The Morgan fingerprint density at radius 3 is 2.74 bits per heavy atom. The van der Waals surface area contributed by atoms with Gasteiger partial charge in [0.25, 0.3) is 0 Å². The van der Waals surface area contributed by atoms with Gasteiger partial charge in [-0.3, -0.25) is 0 Å². The van der Waals surface area contributed by atoms with Gasteiger partial charge in [0.05, 0.1) is 0 Å². The number of hydrogen-bond donors (Lipinski definition) is 0. The second-order valence-corrected chi connectivity index (χ2v) is 5.13. The summed E-state index contributed by atoms with van der Waals surface area (Å²) < 4.78 is 6.88. The summed E-state index contributed by atoms with van der Waals surface area (Å²) in [4.78, 5) is 0. The second kappa shape index (κ2) is 5.34. The van der Waals surface area contributed by atoms with Crippen LogP contribution in [0.5, 0.6) is 5.75 Å². The molecule has 2 heteroatoms. The first-order chi connectivity index (χ1) is 9.31. The molecule has 0 aromatic heterocycles. The molecule has 2 aromatic rings. The van der Waals surface area contributed by atoms with Crippen molar-refractivity contribution >= 4 is 22.0 Å². The quantitative estimate of drug-likeness (QED) is 0.660. The van der Waals surface area contributed by atoms with Crippen molar-refractivity contribution in [2.75, 3.05) is 0 Å². The Labute approximate surface area is 121 Å². The summed E-state index contributed by atoms with van der Waals surface area (Å²) in [6, 6.07) is 15.9. The molecule has 2 aromatic carbocycles. The molecule has 1 aliphatic heterocycles. The number of benzene rings is 2. The Bertz CT molecular complexity index is 677. The molecule has 0 N–H and O–H groups in total. The summed E-state index contributed by atoms with van der Waals surface area (Å²) in [6.07, 6.45) is 3.84. The molecule has 1 heterocycles. The minimum atomic E-state index is -0.186. The van der Waals surface area contributed by atoms with Crippen LogP contribution in [0.2, 0.25) is 0 Å². The van der Waals surface area contributed by atoms with Crippen molar-refractivity contribution in [3.8, 4) is 17.6 Å². The van der Waals surface area contributed by atoms with Crippen molar-refractivity contribution < 1.29 is 4.74 Å². The fourth-order valence-electron chi connectivity index (χ4n) is 1.88. The topological polar surface area (TPSA) is 9.23 Å². The normalized spacial score (nSPS) is 15.9. The zero-order chi connectivity index (χ0) is 13.1. The summed E-state index contributed by atoms with van der Waals surface area (Å²) in [6.45, 7) is 0. The van der Waals surface area contributed by atoms with Crippen LogP contribution in [0.3, 0.4) is 0 Å². The highest BCUT2D eigenvalue weighted by atomic mass is 79.9. The lowest BCUT2D eigenvalue weighted by Crippen LogP contribution is -2.14. The Morgan fingerprint density at radius 2 is 1.89 bits per heavy atom. The maximum absolute atomic E-state index is 5.83. The highest BCUT2D eigenvalue weighted by Gasteiger charge is 2.12. The highest BCUT2D eigenvalue weighted by molar-refractivity contribution is 9.10. The number of halogens is 1. The van der Waals surface area contributed by atoms with E-state index in [2.05, 4.69) is 27.8 Å². The molecule has 92 valence electrons. The Morgan fingerprint density at radius 1 is 1.05 bits per heavy atom. The van der Waals surface area contributed by atoms with Gasteiger partial charge in [-0.25, -0.2) is 0 Å². The van der Waals surface area contributed by atoms with E-state index in [1.807, 2.05) is 60.7 Å². The molecule has 0 saturated heterocycles. The molecular weight excluding hydrogens is 300 g/mol. The molecule has 0 saturated carbocycles. The van der Waals surface area contributed by atoms with E-state index in [-0.39, 0.29) is 6.10 Å². The monoisotopic (exact) mass is 310 g/mol. The lowest BCUT2D eigenvalue weighted by molar-refractivity contribution is 0.301. The number of hydrogen-bond acceptors (Lipinski definition) is 1. The van der Waals surface area contributed by atoms with Crippen LogP contribution < -0.4 is 4.74 Å². The third kappa shape index (κ3) is 2.89. The van der Waals surface area contributed by atoms with Gasteiger partial charge >= 0.3 is 0 Å². The Hall–Kier alpha value is -1.98. The predicted octanol–water partition coefficient (Wildman–Crippen LogP) is 4.28. The fraction of sp³-hybridized carbons (Fsp3) is 0.0588. The van der Waals surface area contributed by atoms with Gasteiger partial charge in [0.2, 0.25) is 0 Å². The number of ether oxygens (including phenoxy) is 1. The molecular formula is C17H11BrO. The van der Waals surface area contributed by atoms with Gasteiger partial charge in [-0.1, -0.05) is 46.1 Å². The molecule has 0 amide bonds. The maximum Gasteiger partial charge on any atom is 0.178 e. The average molecular weight is 311 g/mol. The molecule has 3 rings (SSSR count). The van der Waals surface area contributed by atoms with Gasteiger partial charge in [-0.15, -0.1) is 0 Å². The Kier molecular flexibility index (Phi) is 3.39. The lowest BCUT2D eigenvalue weighted by Gasteiger charge is -2.17. The fourth-order valence-corrected chi connectivity index (χ4v) is 2.26. The zero-order valence-corrected chi connectivity index (χ0v) is 11.7. The van der Waals surface area contributed by atoms with E-state index in [4.69, 9.17) is 4.74 Å². The van der Waals surface area contributed by atoms with Crippen molar-refractivity contribution in [2.45, 2.75) is 6.10 Å². The zero-order valence-electron chi connectivity index (χ0n) is 10.1. The smallest absolute Gasteiger partial charge is 0.178 e. The van der Waals surface area contributed by atoms with Crippen molar-refractivity contribution in [1.29, 1.82) is 0 Å². The molecule has 1 nitrogen and oxygen atoms in total. The van der Waals surface area contributed by atoms with Gasteiger partial charge in [0.15, 0.2) is 6.10 Å². The molecule has 1 atom stereocenters. The maximum atomic E-state index is 5.83. The van der Waals surface area contributed by atoms with E-state index in [9.17, 15) is 0 Å². The molecule has 0 radical (unpaired) electrons. The van der Waals surface area contributed by atoms with Gasteiger partial charge in [0.1, 0.15) is 5.75 Å². The van der Waals surface area contributed by atoms with E-state index >= 15 is 0 Å². The van der Waals surface area contributed by atoms with Crippen molar-refractivity contribution in [1.82, 2.24) is 0 Å². The second-order valence-electron chi connectivity index (χ2n) is 4.22. The molecule has 1 unspecified atom stereocenters. The van der Waals surface area contributed by atoms with E-state index in [0.717, 1.165) is 21.3 Å². The van der Waals surface area contributed by atoms with Crippen molar-refractivity contribution in [2.24, 2.45) is 0 Å². The van der Waals surface area contributed by atoms with Crippen LogP contribution in [0.4, 0.5) is 0 Å². The number of rotatable bonds is 0. The summed E-state index contributed by atoms with van der Waals surface area (Å²) in [5.74, 6) is 7.12. The SMILES string of the molecule is Brc1ccc2c(c1)C=CC(C#Cc1ccccc1)O2. The molecule has 1 aliphatic rings. The van der Waals surface area contributed by atoms with Crippen LogP contribution in [0, 0.1) is 11.8 Å². The predicted molar refractivity (Wildman–Crippen MR) is 80.9 cm³/mol. The first-order valence-electron chi connectivity index (χ1n) is 6.02. The minimum absolute atomic E-state index is 0.186. The van der Waals surface area contributed by atoms with E-state index < -0.39 is 0 Å². The highest BCUT2D eigenvalue weighted by Crippen LogP contribution is 2.28. The van der Waals surface area contributed by atoms with Crippen LogP contribution in [0.1, 0.15) is 11.1 Å². The summed E-state index contributed by atoms with van der Waals surface area (Å²) in [5.41, 5.74) is 2.08. The van der Waals surface area contributed by atoms with Gasteiger partial charge in [0, 0.05) is 15.6 Å². The molecule has 0 fully saturated rings. The minimum Gasteiger partial charge on any atom is -0.473 e. The van der Waals surface area contributed by atoms with Crippen LogP contribution in [0.15, 0.2) is 59.1 Å². The van der Waals surface area contributed by atoms with Crippen molar-refractivity contribution in [3.05, 3.63) is 70.2 Å². The lowest BCUT2D eigenvalue weighted by atomic mass is 10.1. The Balaban J connectivity index is 1.81. The molecule has 0 spiro atoms. The number of fused-ring (bicyclic) bond motifs is 1. The summed E-state index contributed by atoms with van der Waals surface area (Å²) in [7, 11) is 0. The molecule has 19 heavy (non-hydrogen) atoms. The van der Waals surface area contributed by atoms with Crippen molar-refractivity contribution in [3.63, 3.8) is 0 Å². The first-order valence-corrected chi connectivity index (χ1v) is 6.81. The van der Waals surface area contributed by atoms with E-state index in [1.165, 1.54) is 0 Å². The van der Waals surface area contributed by atoms with Crippen LogP contribution in [-0.2, 0) is 0 Å². The van der Waals surface area contributed by atoms with Gasteiger partial charge in [-0.2, -0.15) is 0 Å². The third-order valence-electron chi connectivity index (χ3n) is 2.81. The average Bonchev–Trinajstić information content (AvgIpc) is 2.46. The summed E-state index contributed by atoms with van der Waals surface area (Å²) >= 11 is 3.45. The molecule has 0 bridgehead atoms. The van der Waals surface area contributed by atoms with Crippen LogP contribution in [-0.4, -0.2) is 6.10 Å². The standard InChI is InChI=1S/C17H11BrO/c18-15-8-11-17-14(12-15)7-10-16(19-17)9-6-13-4-2-1-3-5-13/h1-5,7-8,10-12,16H. The van der Waals surface area contributed by atoms with Crippen LogP contribution >= 0.6 is 15.9 Å².